The molecule has 5 nitrogen and oxygen atoms in total. The van der Waals surface area contributed by atoms with Crippen LogP contribution in [0.25, 0.3) is 0 Å². The van der Waals surface area contributed by atoms with E-state index in [0.717, 1.165) is 6.07 Å². The SMILES string of the molecule is CC.NOc1ccc(C(F)(F)F)cc1[N+](=O)[O-]. The third kappa shape index (κ3) is 3.91. The maximum Gasteiger partial charge on any atom is 0.416 e. The first-order valence-electron chi connectivity index (χ1n) is 4.58. The average Bonchev–Trinajstić information content (AvgIpc) is 2.29. The van der Waals surface area contributed by atoms with E-state index in [-0.39, 0.29) is 0 Å². The second kappa shape index (κ2) is 6.04. The third-order valence-electron chi connectivity index (χ3n) is 1.61. The van der Waals surface area contributed by atoms with Crippen molar-refractivity contribution in [2.75, 3.05) is 0 Å². The molecular formula is C9H11F3N2O3. The molecule has 0 fully saturated rings. The van der Waals surface area contributed by atoms with Crippen molar-refractivity contribution in [1.82, 2.24) is 0 Å². The lowest BCUT2D eigenvalue weighted by Gasteiger charge is -2.07. The number of benzene rings is 1. The molecule has 2 N–H and O–H groups in total. The summed E-state index contributed by atoms with van der Waals surface area (Å²) in [6.45, 7) is 4.00. The van der Waals surface area contributed by atoms with Gasteiger partial charge in [-0.25, -0.2) is 0 Å². The van der Waals surface area contributed by atoms with Gasteiger partial charge in [0.2, 0.25) is 5.75 Å². The molecule has 0 atom stereocenters. The molecule has 0 aliphatic heterocycles. The molecule has 0 bridgehead atoms. The molecule has 0 spiro atoms. The number of alkyl halides is 3. The second-order valence-corrected chi connectivity index (χ2v) is 2.56. The molecule has 1 aromatic carbocycles. The van der Waals surface area contributed by atoms with E-state index in [4.69, 9.17) is 0 Å². The molecule has 0 unspecified atom stereocenters. The number of hydrogen-bond donors (Lipinski definition) is 1. The zero-order valence-corrected chi connectivity index (χ0v) is 9.12. The molecule has 0 heterocycles. The number of hydrogen-bond acceptors (Lipinski definition) is 4. The molecule has 17 heavy (non-hydrogen) atoms. The Morgan fingerprint density at radius 2 is 1.88 bits per heavy atom. The summed E-state index contributed by atoms with van der Waals surface area (Å²) in [5, 5.41) is 10.4. The van der Waals surface area contributed by atoms with E-state index in [1.54, 1.807) is 0 Å². The third-order valence-corrected chi connectivity index (χ3v) is 1.61. The van der Waals surface area contributed by atoms with E-state index in [0.29, 0.717) is 12.1 Å². The van der Waals surface area contributed by atoms with Gasteiger partial charge in [-0.15, -0.1) is 0 Å². The smallest absolute Gasteiger partial charge is 0.404 e. The summed E-state index contributed by atoms with van der Waals surface area (Å²) in [7, 11) is 0. The van der Waals surface area contributed by atoms with Crippen LogP contribution in [0.1, 0.15) is 19.4 Å². The highest BCUT2D eigenvalue weighted by Gasteiger charge is 2.33. The minimum absolute atomic E-state index is 0.363. The van der Waals surface area contributed by atoms with Gasteiger partial charge in [-0.3, -0.25) is 10.1 Å². The van der Waals surface area contributed by atoms with Crippen molar-refractivity contribution < 1.29 is 22.9 Å². The summed E-state index contributed by atoms with van der Waals surface area (Å²) < 4.78 is 36.5. The van der Waals surface area contributed by atoms with E-state index in [9.17, 15) is 23.3 Å². The Hall–Kier alpha value is -1.83. The number of nitrogens with two attached hydrogens (primary N) is 1. The molecule has 96 valence electrons. The number of nitrogens with zero attached hydrogens (tertiary/aromatic N) is 1. The topological polar surface area (TPSA) is 78.4 Å². The normalized spacial score (nSPS) is 10.2. The Labute approximate surface area is 95.1 Å². The Morgan fingerprint density at radius 1 is 1.35 bits per heavy atom. The van der Waals surface area contributed by atoms with Gasteiger partial charge in [0.15, 0.2) is 0 Å². The predicted molar refractivity (Wildman–Crippen MR) is 54.3 cm³/mol. The molecule has 0 amide bonds. The van der Waals surface area contributed by atoms with Gasteiger partial charge in [0.05, 0.1) is 10.5 Å². The number of nitro benzene ring substituents is 1. The lowest BCUT2D eigenvalue weighted by atomic mass is 10.2. The number of nitro groups is 1. The second-order valence-electron chi connectivity index (χ2n) is 2.56. The van der Waals surface area contributed by atoms with E-state index in [2.05, 4.69) is 10.7 Å². The lowest BCUT2D eigenvalue weighted by Crippen LogP contribution is -2.08. The fraction of sp³-hybridized carbons (Fsp3) is 0.333. The van der Waals surface area contributed by atoms with Crippen LogP contribution in [0.15, 0.2) is 18.2 Å². The first kappa shape index (κ1) is 15.2. The van der Waals surface area contributed by atoms with Gasteiger partial charge in [0.25, 0.3) is 0 Å². The van der Waals surface area contributed by atoms with Crippen LogP contribution >= 0.6 is 0 Å². The van der Waals surface area contributed by atoms with Crippen molar-refractivity contribution in [3.63, 3.8) is 0 Å². The summed E-state index contributed by atoms with van der Waals surface area (Å²) in [6, 6.07) is 1.80. The van der Waals surface area contributed by atoms with Crippen molar-refractivity contribution in [2.45, 2.75) is 20.0 Å². The van der Waals surface area contributed by atoms with Crippen LogP contribution in [0, 0.1) is 10.1 Å². The van der Waals surface area contributed by atoms with Gasteiger partial charge in [-0.1, -0.05) is 13.8 Å². The van der Waals surface area contributed by atoms with Crippen LogP contribution in [0.3, 0.4) is 0 Å². The van der Waals surface area contributed by atoms with E-state index >= 15 is 0 Å². The number of rotatable bonds is 2. The first-order chi connectivity index (χ1) is 7.86. The molecule has 8 heteroatoms. The minimum atomic E-state index is -4.64. The van der Waals surface area contributed by atoms with Gasteiger partial charge >= 0.3 is 11.9 Å². The highest BCUT2D eigenvalue weighted by Crippen LogP contribution is 2.35. The predicted octanol–water partition coefficient (Wildman–Crippen LogP) is 2.89. The zero-order valence-electron chi connectivity index (χ0n) is 9.12. The van der Waals surface area contributed by atoms with Gasteiger partial charge in [0.1, 0.15) is 0 Å². The summed E-state index contributed by atoms with van der Waals surface area (Å²) in [5.41, 5.74) is -1.96. The first-order valence-corrected chi connectivity index (χ1v) is 4.58. The standard InChI is InChI=1S/C7H5F3N2O3.C2H6/c8-7(9,10)4-1-2-6(15-11)5(3-4)12(13)14;1-2/h1-3H,11H2;1-2H3. The van der Waals surface area contributed by atoms with Crippen molar-refractivity contribution in [1.29, 1.82) is 0 Å². The summed E-state index contributed by atoms with van der Waals surface area (Å²) >= 11 is 0. The lowest BCUT2D eigenvalue weighted by molar-refractivity contribution is -0.386. The van der Waals surface area contributed by atoms with Crippen LogP contribution in [0.4, 0.5) is 18.9 Å². The van der Waals surface area contributed by atoms with Crippen LogP contribution < -0.4 is 10.7 Å². The minimum Gasteiger partial charge on any atom is -0.404 e. The van der Waals surface area contributed by atoms with Crippen molar-refractivity contribution in [3.05, 3.63) is 33.9 Å². The Morgan fingerprint density at radius 3 is 2.24 bits per heavy atom. The van der Waals surface area contributed by atoms with Gasteiger partial charge in [-0.2, -0.15) is 19.1 Å². The fourth-order valence-corrected chi connectivity index (χ4v) is 0.936. The average molecular weight is 252 g/mol. The van der Waals surface area contributed by atoms with E-state index in [1.807, 2.05) is 13.8 Å². The highest BCUT2D eigenvalue weighted by atomic mass is 19.4. The van der Waals surface area contributed by atoms with Gasteiger partial charge in [-0.05, 0) is 12.1 Å². The van der Waals surface area contributed by atoms with Crippen LogP contribution in [0.2, 0.25) is 0 Å². The summed E-state index contributed by atoms with van der Waals surface area (Å²) in [4.78, 5) is 13.4. The van der Waals surface area contributed by atoms with Gasteiger partial charge in [0, 0.05) is 6.07 Å². The maximum absolute atomic E-state index is 12.2. The Bertz CT molecular complexity index is 394. The van der Waals surface area contributed by atoms with Gasteiger partial charge < -0.3 is 4.84 Å². The molecule has 1 aromatic rings. The fourth-order valence-electron chi connectivity index (χ4n) is 0.936. The Kier molecular flexibility index (Phi) is 5.39. The molecular weight excluding hydrogens is 241 g/mol. The number of halogens is 3. The van der Waals surface area contributed by atoms with E-state index < -0.39 is 28.1 Å². The molecule has 0 radical (unpaired) electrons. The molecule has 0 aliphatic carbocycles. The molecule has 1 rings (SSSR count). The van der Waals surface area contributed by atoms with Crippen LogP contribution in [0.5, 0.6) is 5.75 Å². The van der Waals surface area contributed by atoms with Crippen LogP contribution in [-0.2, 0) is 6.18 Å². The molecule has 0 aromatic heterocycles. The van der Waals surface area contributed by atoms with Crippen LogP contribution in [-0.4, -0.2) is 4.92 Å². The van der Waals surface area contributed by atoms with Crippen molar-refractivity contribution in [2.24, 2.45) is 5.90 Å². The summed E-state index contributed by atoms with van der Waals surface area (Å²) in [6.07, 6.45) is -4.64. The monoisotopic (exact) mass is 252 g/mol. The summed E-state index contributed by atoms with van der Waals surface area (Å²) in [5.74, 6) is 4.24. The van der Waals surface area contributed by atoms with Crippen molar-refractivity contribution in [3.8, 4) is 5.75 Å². The van der Waals surface area contributed by atoms with E-state index in [1.165, 1.54) is 0 Å². The van der Waals surface area contributed by atoms with Crippen molar-refractivity contribution >= 4 is 5.69 Å². The largest absolute Gasteiger partial charge is 0.416 e. The maximum atomic E-state index is 12.2. The molecule has 0 aliphatic rings. The highest BCUT2D eigenvalue weighted by molar-refractivity contribution is 5.49. The Balaban J connectivity index is 0.00000121. The zero-order chi connectivity index (χ0) is 13.6. The quantitative estimate of drug-likeness (QED) is 0.648. The molecule has 0 saturated carbocycles. The molecule has 0 saturated heterocycles.